The lowest BCUT2D eigenvalue weighted by Gasteiger charge is -2.34. The molecular weight excluding hydrogens is 397 g/mol. The van der Waals surface area contributed by atoms with Crippen LogP contribution in [0.5, 0.6) is 0 Å². The second kappa shape index (κ2) is 8.18. The summed E-state index contributed by atoms with van der Waals surface area (Å²) in [7, 11) is -3.29. The molecule has 1 aromatic carbocycles. The highest BCUT2D eigenvalue weighted by atomic mass is 32.2. The molecule has 0 radical (unpaired) electrons. The summed E-state index contributed by atoms with van der Waals surface area (Å²) in [5.41, 5.74) is -0.557. The molecule has 2 aromatic rings. The average Bonchev–Trinajstić information content (AvgIpc) is 3.08. The third-order valence-corrected chi connectivity index (χ3v) is 5.28. The molecule has 0 bridgehead atoms. The normalized spacial score (nSPS) is 19.1. The monoisotopic (exact) mass is 418 g/mol. The molecule has 2 heterocycles. The van der Waals surface area contributed by atoms with Crippen LogP contribution in [0.4, 0.5) is 13.2 Å². The molecule has 7 nitrogen and oxygen atoms in total. The first-order valence-corrected chi connectivity index (χ1v) is 10.7. The molecule has 11 heteroatoms. The van der Waals surface area contributed by atoms with Crippen molar-refractivity contribution in [3.63, 3.8) is 0 Å². The molecule has 0 saturated carbocycles. The quantitative estimate of drug-likeness (QED) is 0.776. The Morgan fingerprint density at radius 2 is 2.11 bits per heavy atom. The van der Waals surface area contributed by atoms with Crippen LogP contribution in [-0.4, -0.2) is 48.8 Å². The predicted octanol–water partition coefficient (Wildman–Crippen LogP) is 2.66. The van der Waals surface area contributed by atoms with Crippen molar-refractivity contribution >= 4 is 10.0 Å². The van der Waals surface area contributed by atoms with Gasteiger partial charge in [-0.25, -0.2) is 13.1 Å². The van der Waals surface area contributed by atoms with Gasteiger partial charge in [0.25, 0.3) is 0 Å². The standard InChI is InChI=1S/C17H21F3N4O3S/c1-28(25,26)21-10-14-7-2-3-8-24(14)11-15-22-16(23-27-15)12-5-4-6-13(9-12)17(18,19)20/h4-6,9,14,21H,2-3,7-8,10-11H2,1H3/t14-/m1/s1. The van der Waals surface area contributed by atoms with Crippen molar-refractivity contribution in [2.45, 2.75) is 38.0 Å². The first kappa shape index (κ1) is 20.7. The van der Waals surface area contributed by atoms with Crippen LogP contribution in [0.3, 0.4) is 0 Å². The van der Waals surface area contributed by atoms with E-state index in [9.17, 15) is 21.6 Å². The van der Waals surface area contributed by atoms with E-state index in [-0.39, 0.29) is 29.9 Å². The van der Waals surface area contributed by atoms with Gasteiger partial charge in [-0.05, 0) is 31.5 Å². The molecule has 1 N–H and O–H groups in total. The molecule has 1 saturated heterocycles. The van der Waals surface area contributed by atoms with E-state index in [1.807, 2.05) is 4.90 Å². The molecular formula is C17H21F3N4O3S. The molecule has 3 rings (SSSR count). The Kier molecular flexibility index (Phi) is 6.06. The van der Waals surface area contributed by atoms with E-state index in [2.05, 4.69) is 14.9 Å². The maximum Gasteiger partial charge on any atom is 0.416 e. The molecule has 0 unspecified atom stereocenters. The van der Waals surface area contributed by atoms with Crippen LogP contribution in [0, 0.1) is 0 Å². The van der Waals surface area contributed by atoms with Crippen LogP contribution in [0.25, 0.3) is 11.4 Å². The van der Waals surface area contributed by atoms with Crippen molar-refractivity contribution in [3.05, 3.63) is 35.7 Å². The van der Waals surface area contributed by atoms with Gasteiger partial charge in [0.05, 0.1) is 18.4 Å². The van der Waals surface area contributed by atoms with Crippen molar-refractivity contribution in [1.29, 1.82) is 0 Å². The Morgan fingerprint density at radius 3 is 2.82 bits per heavy atom. The SMILES string of the molecule is CS(=O)(=O)NC[C@H]1CCCCN1Cc1nc(-c2cccc(C(F)(F)F)c2)no1. The minimum atomic E-state index is -4.45. The van der Waals surface area contributed by atoms with Gasteiger partial charge in [-0.2, -0.15) is 18.2 Å². The first-order valence-electron chi connectivity index (χ1n) is 8.81. The van der Waals surface area contributed by atoms with Gasteiger partial charge >= 0.3 is 6.18 Å². The van der Waals surface area contributed by atoms with Crippen molar-refractivity contribution in [3.8, 4) is 11.4 Å². The van der Waals surface area contributed by atoms with Gasteiger partial charge < -0.3 is 4.52 Å². The number of nitrogens with zero attached hydrogens (tertiary/aromatic N) is 3. The van der Waals surface area contributed by atoms with Crippen molar-refractivity contribution in [2.75, 3.05) is 19.3 Å². The Hall–Kier alpha value is -1.98. The summed E-state index contributed by atoms with van der Waals surface area (Å²) in [6, 6.07) is 4.74. The minimum absolute atomic E-state index is 0.00705. The molecule has 1 aliphatic rings. The number of rotatable bonds is 6. The maximum absolute atomic E-state index is 12.9. The summed E-state index contributed by atoms with van der Waals surface area (Å²) < 4.78 is 69.1. The highest BCUT2D eigenvalue weighted by Gasteiger charge is 2.31. The van der Waals surface area contributed by atoms with Gasteiger partial charge in [0, 0.05) is 18.2 Å². The number of nitrogens with one attached hydrogen (secondary N) is 1. The van der Waals surface area contributed by atoms with Crippen LogP contribution < -0.4 is 4.72 Å². The Morgan fingerprint density at radius 1 is 1.32 bits per heavy atom. The van der Waals surface area contributed by atoms with Gasteiger partial charge in [-0.1, -0.05) is 23.7 Å². The second-order valence-electron chi connectivity index (χ2n) is 6.83. The summed E-state index contributed by atoms with van der Waals surface area (Å²) in [5, 5.41) is 3.79. The first-order chi connectivity index (χ1) is 13.1. The van der Waals surface area contributed by atoms with Crippen molar-refractivity contribution < 1.29 is 26.1 Å². The molecule has 0 amide bonds. The van der Waals surface area contributed by atoms with E-state index in [1.165, 1.54) is 12.1 Å². The number of hydrogen-bond acceptors (Lipinski definition) is 6. The summed E-state index contributed by atoms with van der Waals surface area (Å²) >= 11 is 0. The predicted molar refractivity (Wildman–Crippen MR) is 95.6 cm³/mol. The largest absolute Gasteiger partial charge is 0.416 e. The van der Waals surface area contributed by atoms with Crippen LogP contribution in [0.1, 0.15) is 30.7 Å². The summed E-state index contributed by atoms with van der Waals surface area (Å²) in [5.74, 6) is 0.364. The van der Waals surface area contributed by atoms with E-state index < -0.39 is 21.8 Å². The molecule has 0 spiro atoms. The molecule has 154 valence electrons. The number of likely N-dealkylation sites (tertiary alicyclic amines) is 1. The zero-order chi connectivity index (χ0) is 20.4. The minimum Gasteiger partial charge on any atom is -0.338 e. The maximum atomic E-state index is 12.9. The second-order valence-corrected chi connectivity index (χ2v) is 8.66. The van der Waals surface area contributed by atoms with E-state index in [1.54, 1.807) is 0 Å². The highest BCUT2D eigenvalue weighted by molar-refractivity contribution is 7.88. The van der Waals surface area contributed by atoms with Crippen LogP contribution in [0.2, 0.25) is 0 Å². The number of aromatic nitrogens is 2. The number of alkyl halides is 3. The van der Waals surface area contributed by atoms with E-state index >= 15 is 0 Å². The lowest BCUT2D eigenvalue weighted by Crippen LogP contribution is -2.46. The number of halogens is 3. The molecule has 1 fully saturated rings. The van der Waals surface area contributed by atoms with Crippen LogP contribution in [0.15, 0.2) is 28.8 Å². The highest BCUT2D eigenvalue weighted by Crippen LogP contribution is 2.31. The Bertz CT molecular complexity index is 914. The number of piperidine rings is 1. The number of benzene rings is 1. The van der Waals surface area contributed by atoms with Crippen LogP contribution in [-0.2, 0) is 22.7 Å². The fourth-order valence-corrected chi connectivity index (χ4v) is 3.69. The zero-order valence-corrected chi connectivity index (χ0v) is 16.1. The Labute approximate surface area is 161 Å². The fraction of sp³-hybridized carbons (Fsp3) is 0.529. The van der Waals surface area contributed by atoms with Crippen LogP contribution >= 0.6 is 0 Å². The van der Waals surface area contributed by atoms with E-state index in [0.29, 0.717) is 6.54 Å². The van der Waals surface area contributed by atoms with Crippen molar-refractivity contribution in [2.24, 2.45) is 0 Å². The third-order valence-electron chi connectivity index (χ3n) is 4.58. The average molecular weight is 418 g/mol. The molecule has 0 aliphatic carbocycles. The van der Waals surface area contributed by atoms with Gasteiger partial charge in [0.15, 0.2) is 0 Å². The summed E-state index contributed by atoms with van der Waals surface area (Å²) in [6.45, 7) is 1.34. The topological polar surface area (TPSA) is 88.3 Å². The van der Waals surface area contributed by atoms with Crippen molar-refractivity contribution in [1.82, 2.24) is 19.8 Å². The van der Waals surface area contributed by atoms with Gasteiger partial charge in [0.2, 0.25) is 21.7 Å². The molecule has 28 heavy (non-hydrogen) atoms. The number of hydrogen-bond donors (Lipinski definition) is 1. The van der Waals surface area contributed by atoms with Gasteiger partial charge in [-0.15, -0.1) is 0 Å². The molecule has 1 aliphatic heterocycles. The van der Waals surface area contributed by atoms with E-state index in [4.69, 9.17) is 4.52 Å². The van der Waals surface area contributed by atoms with Gasteiger partial charge in [0.1, 0.15) is 0 Å². The molecule has 1 atom stereocenters. The third kappa shape index (κ3) is 5.52. The lowest BCUT2D eigenvalue weighted by atomic mass is 10.0. The Balaban J connectivity index is 1.71. The lowest BCUT2D eigenvalue weighted by molar-refractivity contribution is -0.137. The molecule has 1 aromatic heterocycles. The zero-order valence-electron chi connectivity index (χ0n) is 15.2. The summed E-state index contributed by atoms with van der Waals surface area (Å²) in [6.07, 6.45) is -0.553. The smallest absolute Gasteiger partial charge is 0.338 e. The van der Waals surface area contributed by atoms with Gasteiger partial charge in [-0.3, -0.25) is 4.90 Å². The van der Waals surface area contributed by atoms with E-state index in [0.717, 1.165) is 44.2 Å². The number of sulfonamides is 1. The summed E-state index contributed by atoms with van der Waals surface area (Å²) in [4.78, 5) is 6.26. The fourth-order valence-electron chi connectivity index (χ4n) is 3.19.